The van der Waals surface area contributed by atoms with E-state index in [1.54, 1.807) is 18.2 Å². The van der Waals surface area contributed by atoms with Crippen molar-refractivity contribution < 1.29 is 9.53 Å². The van der Waals surface area contributed by atoms with Crippen LogP contribution in [0.15, 0.2) is 48.8 Å². The fourth-order valence-electron chi connectivity index (χ4n) is 3.59. The largest absolute Gasteiger partial charge is 0.497 e. The molecule has 0 saturated heterocycles. The van der Waals surface area contributed by atoms with Gasteiger partial charge in [0.1, 0.15) is 17.9 Å². The number of ether oxygens (including phenoxy) is 1. The van der Waals surface area contributed by atoms with Crippen molar-refractivity contribution in [2.24, 2.45) is 0 Å². The zero-order valence-electron chi connectivity index (χ0n) is 17.8. The molecule has 3 aromatic heterocycles. The summed E-state index contributed by atoms with van der Waals surface area (Å²) in [6.07, 6.45) is 3.81. The first-order valence-corrected chi connectivity index (χ1v) is 9.96. The van der Waals surface area contributed by atoms with E-state index in [1.807, 2.05) is 62.2 Å². The normalized spacial score (nSPS) is 11.5. The van der Waals surface area contributed by atoms with Crippen LogP contribution < -0.4 is 4.74 Å². The first-order chi connectivity index (χ1) is 14.5. The topological polar surface area (TPSA) is 66.4 Å². The highest BCUT2D eigenvalue weighted by Crippen LogP contribution is 2.34. The molecule has 7 nitrogen and oxygen atoms in total. The summed E-state index contributed by atoms with van der Waals surface area (Å²) in [5.74, 6) is 0.861. The van der Waals surface area contributed by atoms with Crippen LogP contribution in [0.5, 0.6) is 5.75 Å². The highest BCUT2D eigenvalue weighted by atomic mass is 16.5. The molecule has 0 aliphatic carbocycles. The van der Waals surface area contributed by atoms with Gasteiger partial charge in [0.05, 0.1) is 7.11 Å². The zero-order chi connectivity index (χ0) is 21.3. The molecule has 0 radical (unpaired) electrons. The van der Waals surface area contributed by atoms with Crippen molar-refractivity contribution in [2.45, 2.75) is 6.54 Å². The fraction of sp³-hybridized carbons (Fsp3) is 0.304. The number of fused-ring (bicyclic) bond motifs is 2. The minimum atomic E-state index is 0.0782. The van der Waals surface area contributed by atoms with Gasteiger partial charge in [-0.1, -0.05) is 0 Å². The number of pyridine rings is 1. The Balaban J connectivity index is 1.73. The Hall–Kier alpha value is -3.32. The molecule has 4 rings (SSSR count). The Bertz CT molecular complexity index is 1160. The predicted molar refractivity (Wildman–Crippen MR) is 120 cm³/mol. The zero-order valence-corrected chi connectivity index (χ0v) is 17.8. The summed E-state index contributed by atoms with van der Waals surface area (Å²) in [5, 5.41) is 2.08. The molecule has 0 unspecified atom stereocenters. The second-order valence-electron chi connectivity index (χ2n) is 7.80. The van der Waals surface area contributed by atoms with Crippen LogP contribution in [-0.2, 0) is 11.3 Å². The van der Waals surface area contributed by atoms with Crippen molar-refractivity contribution in [1.82, 2.24) is 24.3 Å². The average molecular weight is 406 g/mol. The highest BCUT2D eigenvalue weighted by molar-refractivity contribution is 5.99. The van der Waals surface area contributed by atoms with Gasteiger partial charge in [0, 0.05) is 60.1 Å². The number of rotatable bonds is 7. The number of H-pyrrole nitrogens is 1. The van der Waals surface area contributed by atoms with E-state index in [0.717, 1.165) is 45.5 Å². The van der Waals surface area contributed by atoms with Crippen LogP contribution in [0.2, 0.25) is 0 Å². The third kappa shape index (κ3) is 3.89. The highest BCUT2D eigenvalue weighted by Gasteiger charge is 2.17. The number of carbonyl (C=O) groups excluding carboxylic acids is 1. The number of hydrogen-bond donors (Lipinski definition) is 1. The smallest absolute Gasteiger partial charge is 0.242 e. The number of aromatic amines is 1. The van der Waals surface area contributed by atoms with Gasteiger partial charge in [-0.05, 0) is 50.5 Å². The Morgan fingerprint density at radius 1 is 1.17 bits per heavy atom. The number of nitrogens with one attached hydrogen (secondary N) is 1. The van der Waals surface area contributed by atoms with E-state index in [1.165, 1.54) is 0 Å². The Morgan fingerprint density at radius 3 is 2.73 bits per heavy atom. The second-order valence-corrected chi connectivity index (χ2v) is 7.80. The summed E-state index contributed by atoms with van der Waals surface area (Å²) in [5.41, 5.74) is 3.82. The minimum absolute atomic E-state index is 0.0782. The van der Waals surface area contributed by atoms with Gasteiger partial charge in [-0.2, -0.15) is 0 Å². The maximum atomic E-state index is 12.8. The summed E-state index contributed by atoms with van der Waals surface area (Å²) in [6.45, 7) is 1.81. The summed E-state index contributed by atoms with van der Waals surface area (Å²) in [6, 6.07) is 12.0. The van der Waals surface area contributed by atoms with Crippen molar-refractivity contribution in [2.75, 3.05) is 41.3 Å². The third-order valence-electron chi connectivity index (χ3n) is 5.38. The average Bonchev–Trinajstić information content (AvgIpc) is 3.32. The van der Waals surface area contributed by atoms with Gasteiger partial charge < -0.3 is 24.1 Å². The van der Waals surface area contributed by atoms with Crippen LogP contribution in [0.25, 0.3) is 33.2 Å². The molecule has 0 aliphatic heterocycles. The molecule has 0 atom stereocenters. The van der Waals surface area contributed by atoms with Crippen molar-refractivity contribution >= 4 is 27.8 Å². The van der Waals surface area contributed by atoms with E-state index in [2.05, 4.69) is 20.9 Å². The number of methoxy groups -OCH3 is 1. The molecule has 1 N–H and O–H groups in total. The number of hydrogen-bond acceptors (Lipinski definition) is 4. The molecule has 7 heteroatoms. The fourth-order valence-corrected chi connectivity index (χ4v) is 3.59. The lowest BCUT2D eigenvalue weighted by atomic mass is 10.1. The first kappa shape index (κ1) is 20.0. The molecule has 0 spiro atoms. The lowest BCUT2D eigenvalue weighted by molar-refractivity contribution is -0.130. The van der Waals surface area contributed by atoms with Crippen LogP contribution >= 0.6 is 0 Å². The Labute approximate surface area is 175 Å². The predicted octanol–water partition coefficient (Wildman–Crippen LogP) is 3.21. The van der Waals surface area contributed by atoms with Crippen LogP contribution in [0.4, 0.5) is 0 Å². The summed E-state index contributed by atoms with van der Waals surface area (Å²) >= 11 is 0. The van der Waals surface area contributed by atoms with Gasteiger partial charge in [0.15, 0.2) is 0 Å². The molecule has 3 heterocycles. The maximum Gasteiger partial charge on any atom is 0.242 e. The summed E-state index contributed by atoms with van der Waals surface area (Å²) in [7, 11) is 7.53. The number of amides is 1. The van der Waals surface area contributed by atoms with Crippen LogP contribution in [0.3, 0.4) is 0 Å². The molecule has 0 aliphatic rings. The van der Waals surface area contributed by atoms with Crippen LogP contribution in [-0.4, -0.2) is 71.6 Å². The monoisotopic (exact) mass is 405 g/mol. The number of aromatic nitrogens is 3. The standard InChI is InChI=1S/C23H27N5O2/c1-26(2)10-11-27(3)22(29)15-28-14-19(18-13-17(30-4)7-8-21(18)28)20-12-16-6-5-9-24-23(16)25-20/h5-9,12-14H,10-11,15H2,1-4H3,(H,24,25). The van der Waals surface area contributed by atoms with E-state index >= 15 is 0 Å². The maximum absolute atomic E-state index is 12.8. The molecule has 1 amide bonds. The number of carbonyl (C=O) groups is 1. The molecular weight excluding hydrogens is 378 g/mol. The van der Waals surface area contributed by atoms with Gasteiger partial charge in [0.25, 0.3) is 0 Å². The van der Waals surface area contributed by atoms with E-state index in [-0.39, 0.29) is 12.5 Å². The lowest BCUT2D eigenvalue weighted by Crippen LogP contribution is -2.35. The molecular formula is C23H27N5O2. The lowest BCUT2D eigenvalue weighted by Gasteiger charge is -2.20. The molecule has 0 saturated carbocycles. The van der Waals surface area contributed by atoms with Gasteiger partial charge in [0.2, 0.25) is 5.91 Å². The van der Waals surface area contributed by atoms with Gasteiger partial charge in [-0.3, -0.25) is 4.79 Å². The molecule has 1 aromatic carbocycles. The number of likely N-dealkylation sites (N-methyl/N-ethyl adjacent to an activating group) is 2. The van der Waals surface area contributed by atoms with Gasteiger partial charge >= 0.3 is 0 Å². The van der Waals surface area contributed by atoms with Gasteiger partial charge in [-0.25, -0.2) is 4.98 Å². The van der Waals surface area contributed by atoms with E-state index in [0.29, 0.717) is 6.54 Å². The van der Waals surface area contributed by atoms with Crippen LogP contribution in [0.1, 0.15) is 0 Å². The van der Waals surface area contributed by atoms with Gasteiger partial charge in [-0.15, -0.1) is 0 Å². The SMILES string of the molecule is COc1ccc2c(c1)c(-c1cc3cccnc3[nH]1)cn2CC(=O)N(C)CCN(C)C. The second kappa shape index (κ2) is 8.20. The molecule has 156 valence electrons. The summed E-state index contributed by atoms with van der Waals surface area (Å²) < 4.78 is 7.45. The summed E-state index contributed by atoms with van der Waals surface area (Å²) in [4.78, 5) is 24.5. The third-order valence-corrected chi connectivity index (χ3v) is 5.38. The van der Waals surface area contributed by atoms with E-state index in [4.69, 9.17) is 4.74 Å². The van der Waals surface area contributed by atoms with Crippen molar-refractivity contribution in [3.8, 4) is 17.0 Å². The van der Waals surface area contributed by atoms with Crippen molar-refractivity contribution in [1.29, 1.82) is 0 Å². The molecule has 0 bridgehead atoms. The molecule has 4 aromatic rings. The molecule has 0 fully saturated rings. The Kier molecular flexibility index (Phi) is 5.46. The Morgan fingerprint density at radius 2 is 2.00 bits per heavy atom. The molecule has 30 heavy (non-hydrogen) atoms. The van der Waals surface area contributed by atoms with Crippen molar-refractivity contribution in [3.63, 3.8) is 0 Å². The number of benzene rings is 1. The van der Waals surface area contributed by atoms with E-state index in [9.17, 15) is 4.79 Å². The number of nitrogens with zero attached hydrogens (tertiary/aromatic N) is 4. The van der Waals surface area contributed by atoms with Crippen LogP contribution in [0, 0.1) is 0 Å². The van der Waals surface area contributed by atoms with E-state index < -0.39 is 0 Å². The van der Waals surface area contributed by atoms with Crippen molar-refractivity contribution in [3.05, 3.63) is 48.8 Å². The quantitative estimate of drug-likeness (QED) is 0.513. The minimum Gasteiger partial charge on any atom is -0.497 e. The first-order valence-electron chi connectivity index (χ1n) is 9.96.